The van der Waals surface area contributed by atoms with Crippen molar-refractivity contribution in [1.82, 2.24) is 24.8 Å². The van der Waals surface area contributed by atoms with Gasteiger partial charge in [-0.25, -0.2) is 19.7 Å². The fourth-order valence-corrected chi connectivity index (χ4v) is 7.75. The molecule has 13 heteroatoms. The summed E-state index contributed by atoms with van der Waals surface area (Å²) >= 11 is 6.67. The Hall–Kier alpha value is -3.61. The highest BCUT2D eigenvalue weighted by Crippen LogP contribution is 2.47. The summed E-state index contributed by atoms with van der Waals surface area (Å²) in [6.07, 6.45) is 3.21. The van der Waals surface area contributed by atoms with Gasteiger partial charge in [0.2, 0.25) is 0 Å². The number of nitrogens with zero attached hydrogens (tertiary/aromatic N) is 4. The van der Waals surface area contributed by atoms with Crippen LogP contribution in [0.15, 0.2) is 48.8 Å². The van der Waals surface area contributed by atoms with Crippen molar-refractivity contribution >= 4 is 37.0 Å². The Kier molecular flexibility index (Phi) is 9.43. The number of amides is 1. The van der Waals surface area contributed by atoms with Crippen LogP contribution in [0.3, 0.4) is 0 Å². The molecule has 0 fully saturated rings. The maximum Gasteiger partial charge on any atom is 0.408 e. The Morgan fingerprint density at radius 2 is 1.69 bits per heavy atom. The van der Waals surface area contributed by atoms with Gasteiger partial charge in [0.15, 0.2) is 14.1 Å². The molecule has 2 atom stereocenters. The van der Waals surface area contributed by atoms with E-state index in [0.29, 0.717) is 22.7 Å². The van der Waals surface area contributed by atoms with Crippen LogP contribution in [0.1, 0.15) is 91.1 Å². The maximum absolute atomic E-state index is 13.5. The highest BCUT2D eigenvalue weighted by Gasteiger charge is 2.43. The second-order valence-corrected chi connectivity index (χ2v) is 20.3. The van der Waals surface area contributed by atoms with E-state index >= 15 is 0 Å². The molecule has 1 aliphatic rings. The number of rotatable bonds is 8. The lowest BCUT2D eigenvalue weighted by molar-refractivity contribution is -0.0506. The van der Waals surface area contributed by atoms with Gasteiger partial charge in [0.25, 0.3) is 0 Å². The molecule has 0 saturated heterocycles. The number of alkyl halides is 2. The van der Waals surface area contributed by atoms with E-state index in [9.17, 15) is 13.6 Å². The van der Waals surface area contributed by atoms with Crippen molar-refractivity contribution < 1.29 is 27.5 Å². The van der Waals surface area contributed by atoms with Crippen LogP contribution in [0, 0.1) is 0 Å². The lowest BCUT2D eigenvalue weighted by Crippen LogP contribution is -2.46. The van der Waals surface area contributed by atoms with Crippen molar-refractivity contribution in [2.24, 2.45) is 0 Å². The summed E-state index contributed by atoms with van der Waals surface area (Å²) in [6, 6.07) is 9.21. The highest BCUT2D eigenvalue weighted by molar-refractivity contribution is 6.74. The van der Waals surface area contributed by atoms with E-state index in [1.54, 1.807) is 45.3 Å². The molecule has 0 saturated carbocycles. The van der Waals surface area contributed by atoms with Crippen LogP contribution in [-0.2, 0) is 14.8 Å². The first kappa shape index (κ1) is 35.7. The third-order valence-electron chi connectivity index (χ3n) is 8.89. The van der Waals surface area contributed by atoms with Crippen LogP contribution in [0.2, 0.25) is 23.2 Å². The molecule has 258 valence electrons. The molecule has 1 aliphatic heterocycles. The lowest BCUT2D eigenvalue weighted by atomic mass is 10.0. The number of nitrogens with one attached hydrogen (secondary N) is 1. The third kappa shape index (κ3) is 7.35. The molecule has 5 rings (SSSR count). The quantitative estimate of drug-likeness (QED) is 0.183. The number of hydrogen-bond acceptors (Lipinski definition) is 7. The zero-order valence-corrected chi connectivity index (χ0v) is 30.9. The van der Waals surface area contributed by atoms with E-state index in [1.807, 2.05) is 36.6 Å². The summed E-state index contributed by atoms with van der Waals surface area (Å²) in [5, 5.41) is 3.20. The van der Waals surface area contributed by atoms with Gasteiger partial charge >= 0.3 is 12.7 Å². The molecule has 0 radical (unpaired) electrons. The number of carbonyl (C=O) groups excluding carboxylic acids is 1. The summed E-state index contributed by atoms with van der Waals surface area (Å²) in [4.78, 5) is 27.2. The van der Waals surface area contributed by atoms with E-state index in [4.69, 9.17) is 40.5 Å². The van der Waals surface area contributed by atoms with E-state index in [-0.39, 0.29) is 22.2 Å². The number of aromatic nitrogens is 4. The van der Waals surface area contributed by atoms with Gasteiger partial charge in [0.1, 0.15) is 22.8 Å². The molecule has 9 nitrogen and oxygen atoms in total. The molecular weight excluding hydrogens is 656 g/mol. The first-order chi connectivity index (χ1) is 22.2. The van der Waals surface area contributed by atoms with Gasteiger partial charge in [-0.15, -0.1) is 0 Å². The molecule has 0 spiro atoms. The molecule has 3 heterocycles. The normalized spacial score (nSPS) is 17.1. The third-order valence-corrected chi connectivity index (χ3v) is 13.9. The van der Waals surface area contributed by atoms with E-state index < -0.39 is 44.3 Å². The molecular formula is C35H44ClF2N5O4Si. The summed E-state index contributed by atoms with van der Waals surface area (Å²) < 4.78 is 46.1. The second kappa shape index (κ2) is 12.7. The molecule has 2 aromatic carbocycles. The van der Waals surface area contributed by atoms with Gasteiger partial charge in [0, 0.05) is 35.0 Å². The number of ether oxygens (including phenoxy) is 2. The van der Waals surface area contributed by atoms with Crippen molar-refractivity contribution in [2.75, 3.05) is 0 Å². The van der Waals surface area contributed by atoms with Gasteiger partial charge in [-0.3, -0.25) is 0 Å². The summed E-state index contributed by atoms with van der Waals surface area (Å²) in [5.41, 5.74) is 1.93. The van der Waals surface area contributed by atoms with Gasteiger partial charge in [-0.1, -0.05) is 44.5 Å². The zero-order valence-electron chi connectivity index (χ0n) is 29.1. The standard InChI is InChI=1S/C35H44ClF2N5O4Si/c1-33(2,3)46-32(44)42-24-17-26(28-22(36)12-11-13-27(28)45-31(37)38)43-25-16-20(14-15-23(25)41-29(24)43)21-18-39-30(40-19-21)35(7,8)47-48(9,10)34(4,5)6/h11-16,18-19,24,26,31H,17H2,1-10H3,(H,42,44)/t24-,26-/m1/s1. The SMILES string of the molecule is CC(C)(C)OC(=O)N[C@@H]1C[C@H](c2c(Cl)cccc2OC(F)F)n2c1nc1ccc(-c3cnc(C(C)(C)O[Si](C)(C)C(C)(C)C)nc3)cc12. The number of benzene rings is 2. The molecule has 48 heavy (non-hydrogen) atoms. The van der Waals surface area contributed by atoms with Gasteiger partial charge in [-0.2, -0.15) is 8.78 Å². The van der Waals surface area contributed by atoms with Crippen molar-refractivity contribution in [3.8, 4) is 16.9 Å². The molecule has 4 aromatic rings. The van der Waals surface area contributed by atoms with Crippen LogP contribution < -0.4 is 10.1 Å². The molecule has 1 N–H and O–H groups in total. The first-order valence-electron chi connectivity index (χ1n) is 15.9. The Morgan fingerprint density at radius 3 is 2.29 bits per heavy atom. The second-order valence-electron chi connectivity index (χ2n) is 15.2. The Balaban J connectivity index is 1.56. The average molecular weight is 700 g/mol. The summed E-state index contributed by atoms with van der Waals surface area (Å²) in [7, 11) is -2.10. The minimum absolute atomic E-state index is 0.0285. The molecule has 0 bridgehead atoms. The van der Waals surface area contributed by atoms with E-state index in [1.165, 1.54) is 6.07 Å². The number of alkyl carbamates (subject to hydrolysis) is 1. The van der Waals surface area contributed by atoms with Crippen LogP contribution in [-0.4, -0.2) is 46.1 Å². The predicted molar refractivity (Wildman–Crippen MR) is 185 cm³/mol. The van der Waals surface area contributed by atoms with Crippen LogP contribution in [0.5, 0.6) is 5.75 Å². The first-order valence-corrected chi connectivity index (χ1v) is 19.2. The number of imidazole rings is 1. The lowest BCUT2D eigenvalue weighted by Gasteiger charge is -2.42. The van der Waals surface area contributed by atoms with Crippen molar-refractivity contribution in [3.05, 3.63) is 71.0 Å². The maximum atomic E-state index is 13.5. The van der Waals surface area contributed by atoms with Crippen molar-refractivity contribution in [1.29, 1.82) is 0 Å². The number of halogens is 3. The zero-order chi connectivity index (χ0) is 35.4. The summed E-state index contributed by atoms with van der Waals surface area (Å²) in [5.74, 6) is 1.08. The molecule has 0 unspecified atom stereocenters. The average Bonchev–Trinajstić information content (AvgIpc) is 3.48. The van der Waals surface area contributed by atoms with Gasteiger partial charge in [-0.05, 0) is 82.6 Å². The smallest absolute Gasteiger partial charge is 0.408 e. The molecule has 1 amide bonds. The van der Waals surface area contributed by atoms with E-state index in [2.05, 4.69) is 39.2 Å². The highest BCUT2D eigenvalue weighted by atomic mass is 35.5. The largest absolute Gasteiger partial charge is 0.444 e. The minimum atomic E-state index is -3.05. The van der Waals surface area contributed by atoms with Crippen molar-refractivity contribution in [2.45, 2.75) is 110 Å². The van der Waals surface area contributed by atoms with Crippen LogP contribution >= 0.6 is 11.6 Å². The fourth-order valence-electron chi connectivity index (χ4n) is 5.78. The Labute approximate surface area is 286 Å². The molecule has 2 aromatic heterocycles. The predicted octanol–water partition coefficient (Wildman–Crippen LogP) is 9.56. The number of carbonyl (C=O) groups is 1. The number of fused-ring (bicyclic) bond motifs is 3. The van der Waals surface area contributed by atoms with Gasteiger partial charge < -0.3 is 23.8 Å². The fraction of sp³-hybridized carbons (Fsp3) is 0.486. The Morgan fingerprint density at radius 1 is 1.02 bits per heavy atom. The molecule has 0 aliphatic carbocycles. The van der Waals surface area contributed by atoms with Crippen LogP contribution in [0.25, 0.3) is 22.2 Å². The number of hydrogen-bond donors (Lipinski definition) is 1. The minimum Gasteiger partial charge on any atom is -0.444 e. The Bertz CT molecular complexity index is 1820. The van der Waals surface area contributed by atoms with E-state index in [0.717, 1.165) is 16.6 Å². The van der Waals surface area contributed by atoms with Crippen molar-refractivity contribution in [3.63, 3.8) is 0 Å². The topological polar surface area (TPSA) is 100 Å². The summed E-state index contributed by atoms with van der Waals surface area (Å²) in [6.45, 7) is 17.3. The van der Waals surface area contributed by atoms with Gasteiger partial charge in [0.05, 0.1) is 23.1 Å². The monoisotopic (exact) mass is 699 g/mol. The van der Waals surface area contributed by atoms with Crippen LogP contribution in [0.4, 0.5) is 13.6 Å².